The fraction of sp³-hybridized carbons (Fsp3) is 0.462. The minimum atomic E-state index is 0.565. The van der Waals surface area contributed by atoms with Crippen LogP contribution in [0, 0.1) is 11.8 Å². The molecule has 0 aliphatic heterocycles. The van der Waals surface area contributed by atoms with Gasteiger partial charge in [0.1, 0.15) is 11.5 Å². The van der Waals surface area contributed by atoms with Crippen LogP contribution in [0.1, 0.15) is 51.7 Å². The van der Waals surface area contributed by atoms with Crippen molar-refractivity contribution in [1.29, 1.82) is 0 Å². The molecule has 0 saturated heterocycles. The van der Waals surface area contributed by atoms with Crippen LogP contribution in [0.2, 0.25) is 0 Å². The van der Waals surface area contributed by atoms with E-state index < -0.39 is 0 Å². The molecule has 0 aromatic heterocycles. The van der Waals surface area contributed by atoms with E-state index in [2.05, 4.69) is 27.7 Å². The summed E-state index contributed by atoms with van der Waals surface area (Å²) in [5.41, 5.74) is 1.72. The minimum Gasteiger partial charge on any atom is -0.494 e. The number of benzene rings is 2. The van der Waals surface area contributed by atoms with Crippen LogP contribution in [-0.2, 0) is 0 Å². The molecule has 0 saturated carbocycles. The second-order valence-corrected chi connectivity index (χ2v) is 9.38. The van der Waals surface area contributed by atoms with Crippen LogP contribution in [0.3, 0.4) is 0 Å². The van der Waals surface area contributed by atoms with E-state index in [1.54, 1.807) is 14.2 Å². The van der Waals surface area contributed by atoms with E-state index in [1.807, 2.05) is 36.4 Å². The normalized spacial score (nSPS) is 12.1. The van der Waals surface area contributed by atoms with Gasteiger partial charge in [0, 0.05) is 15.4 Å². The third-order valence-corrected chi connectivity index (χ3v) is 6.13. The zero-order valence-corrected chi connectivity index (χ0v) is 21.8. The zero-order valence-electron chi connectivity index (χ0n) is 20.0. The molecule has 0 N–H and O–H groups in total. The number of methoxy groups -OCH3 is 2. The van der Waals surface area contributed by atoms with Crippen molar-refractivity contribution >= 4 is 35.1 Å². The van der Waals surface area contributed by atoms with Crippen LogP contribution < -0.4 is 18.9 Å². The first-order chi connectivity index (χ1) is 15.3. The Morgan fingerprint density at radius 1 is 0.719 bits per heavy atom. The highest BCUT2D eigenvalue weighted by Gasteiger charge is 2.15. The lowest BCUT2D eigenvalue weighted by Crippen LogP contribution is -2.04. The topological polar surface area (TPSA) is 36.9 Å². The highest BCUT2D eigenvalue weighted by atomic mass is 32.1. The summed E-state index contributed by atoms with van der Waals surface area (Å²) in [6.07, 6.45) is 1.97. The van der Waals surface area contributed by atoms with E-state index in [4.69, 9.17) is 44.2 Å². The smallest absolute Gasteiger partial charge is 0.161 e. The molecule has 0 bridgehead atoms. The van der Waals surface area contributed by atoms with E-state index in [1.165, 1.54) is 0 Å². The summed E-state index contributed by atoms with van der Waals surface area (Å²) < 4.78 is 22.9. The average Bonchev–Trinajstić information content (AvgIpc) is 2.77. The van der Waals surface area contributed by atoms with Crippen LogP contribution in [0.4, 0.5) is 0 Å². The molecule has 0 radical (unpaired) electrons. The lowest BCUT2D eigenvalue weighted by Gasteiger charge is -2.17. The maximum Gasteiger partial charge on any atom is 0.161 e. The molecule has 4 nitrogen and oxygen atoms in total. The molecule has 2 aromatic carbocycles. The van der Waals surface area contributed by atoms with Gasteiger partial charge in [0.15, 0.2) is 11.5 Å². The van der Waals surface area contributed by atoms with Gasteiger partial charge in [0.2, 0.25) is 0 Å². The summed E-state index contributed by atoms with van der Waals surface area (Å²) in [5, 5.41) is 0. The molecule has 2 aromatic rings. The van der Waals surface area contributed by atoms with Crippen molar-refractivity contribution in [2.24, 2.45) is 11.8 Å². The number of thiol groups is 2. The van der Waals surface area contributed by atoms with Crippen LogP contribution in [0.15, 0.2) is 36.4 Å². The summed E-state index contributed by atoms with van der Waals surface area (Å²) in [4.78, 5) is 1.41. The molecule has 6 heteroatoms. The van der Waals surface area contributed by atoms with Crippen LogP contribution in [-0.4, -0.2) is 27.4 Å². The first-order valence-electron chi connectivity index (χ1n) is 11.0. The van der Waals surface area contributed by atoms with Gasteiger partial charge in [0.05, 0.1) is 27.4 Å². The Morgan fingerprint density at radius 2 is 1.31 bits per heavy atom. The summed E-state index contributed by atoms with van der Waals surface area (Å²) >= 11 is 9.63. The molecular formula is C26H36O4S2. The van der Waals surface area contributed by atoms with Crippen molar-refractivity contribution < 1.29 is 18.9 Å². The Kier molecular flexibility index (Phi) is 10.7. The predicted octanol–water partition coefficient (Wildman–Crippen LogP) is 7.24. The van der Waals surface area contributed by atoms with Crippen LogP contribution >= 0.6 is 25.3 Å². The molecule has 0 unspecified atom stereocenters. The SMILES string of the molecule is COc1ccc(C(S)=C(S)c2cc(OCCC(C)C)ccc2OCCC(C)C)cc1OC. The molecular weight excluding hydrogens is 440 g/mol. The highest BCUT2D eigenvalue weighted by molar-refractivity contribution is 7.96. The molecule has 32 heavy (non-hydrogen) atoms. The summed E-state index contributed by atoms with van der Waals surface area (Å²) in [6, 6.07) is 11.6. The standard InChI is InChI=1S/C26H36O4S2/c1-17(2)11-13-29-20-8-10-22(30-14-12-18(3)4)21(16-20)26(32)25(31)19-7-9-23(27-5)24(15-19)28-6/h7-10,15-18,31-32H,11-14H2,1-6H3. The van der Waals surface area contributed by atoms with E-state index in [0.29, 0.717) is 46.4 Å². The Labute approximate surface area is 204 Å². The lowest BCUT2D eigenvalue weighted by molar-refractivity contribution is 0.281. The summed E-state index contributed by atoms with van der Waals surface area (Å²) in [5.74, 6) is 4.00. The number of rotatable bonds is 12. The summed E-state index contributed by atoms with van der Waals surface area (Å²) in [7, 11) is 3.23. The van der Waals surface area contributed by atoms with Crippen LogP contribution in [0.25, 0.3) is 9.81 Å². The molecule has 0 spiro atoms. The minimum absolute atomic E-state index is 0.565. The Balaban J connectivity index is 2.42. The molecule has 0 aliphatic carbocycles. The Morgan fingerprint density at radius 3 is 1.91 bits per heavy atom. The zero-order chi connectivity index (χ0) is 23.7. The van der Waals surface area contributed by atoms with Crippen molar-refractivity contribution in [1.82, 2.24) is 0 Å². The van der Waals surface area contributed by atoms with Gasteiger partial charge in [-0.05, 0) is 66.6 Å². The molecule has 0 fully saturated rings. The molecule has 0 atom stereocenters. The van der Waals surface area contributed by atoms with Crippen molar-refractivity contribution in [2.45, 2.75) is 40.5 Å². The maximum absolute atomic E-state index is 6.12. The van der Waals surface area contributed by atoms with E-state index in [-0.39, 0.29) is 0 Å². The van der Waals surface area contributed by atoms with Crippen LogP contribution in [0.5, 0.6) is 23.0 Å². The lowest BCUT2D eigenvalue weighted by atomic mass is 10.1. The average molecular weight is 477 g/mol. The fourth-order valence-electron chi connectivity index (χ4n) is 2.97. The van der Waals surface area contributed by atoms with Gasteiger partial charge in [-0.3, -0.25) is 0 Å². The van der Waals surface area contributed by atoms with Gasteiger partial charge in [-0.15, -0.1) is 25.3 Å². The van der Waals surface area contributed by atoms with Crippen molar-refractivity contribution in [3.63, 3.8) is 0 Å². The Hall–Kier alpha value is -1.92. The molecule has 0 aliphatic rings. The van der Waals surface area contributed by atoms with Gasteiger partial charge in [0.25, 0.3) is 0 Å². The number of hydrogen-bond donors (Lipinski definition) is 2. The first-order valence-corrected chi connectivity index (χ1v) is 11.9. The van der Waals surface area contributed by atoms with Gasteiger partial charge in [-0.1, -0.05) is 27.7 Å². The number of ether oxygens (including phenoxy) is 4. The van der Waals surface area contributed by atoms with E-state index in [9.17, 15) is 0 Å². The van der Waals surface area contributed by atoms with Gasteiger partial charge in [-0.2, -0.15) is 0 Å². The van der Waals surface area contributed by atoms with Gasteiger partial charge in [-0.25, -0.2) is 0 Å². The molecule has 0 amide bonds. The molecule has 2 rings (SSSR count). The fourth-order valence-corrected chi connectivity index (χ4v) is 3.54. The van der Waals surface area contributed by atoms with Crippen molar-refractivity contribution in [3.05, 3.63) is 47.5 Å². The third kappa shape index (κ3) is 7.59. The monoisotopic (exact) mass is 476 g/mol. The second-order valence-electron chi connectivity index (χ2n) is 8.49. The quantitative estimate of drug-likeness (QED) is 0.250. The Bertz CT molecular complexity index is 907. The second kappa shape index (κ2) is 12.9. The van der Waals surface area contributed by atoms with Crippen molar-refractivity contribution in [3.8, 4) is 23.0 Å². The van der Waals surface area contributed by atoms with E-state index in [0.717, 1.165) is 35.5 Å². The molecule has 176 valence electrons. The highest BCUT2D eigenvalue weighted by Crippen LogP contribution is 2.40. The number of hydrogen-bond acceptors (Lipinski definition) is 6. The first kappa shape index (κ1) is 26.3. The third-order valence-electron chi connectivity index (χ3n) is 5.00. The predicted molar refractivity (Wildman–Crippen MR) is 141 cm³/mol. The summed E-state index contributed by atoms with van der Waals surface area (Å²) in [6.45, 7) is 10.0. The van der Waals surface area contributed by atoms with E-state index >= 15 is 0 Å². The van der Waals surface area contributed by atoms with Crippen molar-refractivity contribution in [2.75, 3.05) is 27.4 Å². The van der Waals surface area contributed by atoms with Gasteiger partial charge >= 0.3 is 0 Å². The largest absolute Gasteiger partial charge is 0.494 e. The van der Waals surface area contributed by atoms with Gasteiger partial charge < -0.3 is 18.9 Å². The molecule has 0 heterocycles. The maximum atomic E-state index is 6.12.